The quantitative estimate of drug-likeness (QED) is 0.0344. The minimum atomic E-state index is -0.762. The van der Waals surface area contributed by atoms with Gasteiger partial charge in [0.05, 0.1) is 0 Å². The number of hydrogen-bond donors (Lipinski definition) is 0. The van der Waals surface area contributed by atoms with Crippen molar-refractivity contribution in [2.75, 3.05) is 13.2 Å². The summed E-state index contributed by atoms with van der Waals surface area (Å²) < 4.78 is 16.9. The molecular formula is C56H108O6. The van der Waals surface area contributed by atoms with Crippen molar-refractivity contribution in [3.05, 3.63) is 0 Å². The van der Waals surface area contributed by atoms with E-state index in [1.165, 1.54) is 199 Å². The van der Waals surface area contributed by atoms with Crippen LogP contribution in [0.25, 0.3) is 0 Å². The zero-order valence-electron chi connectivity index (χ0n) is 42.5. The van der Waals surface area contributed by atoms with Gasteiger partial charge in [0.1, 0.15) is 13.2 Å². The van der Waals surface area contributed by atoms with Gasteiger partial charge in [0, 0.05) is 19.3 Å². The third kappa shape index (κ3) is 49.4. The van der Waals surface area contributed by atoms with E-state index in [2.05, 4.69) is 34.6 Å². The second-order valence-corrected chi connectivity index (χ2v) is 20.2. The molecule has 0 aliphatic heterocycles. The van der Waals surface area contributed by atoms with E-state index >= 15 is 0 Å². The number of esters is 3. The van der Waals surface area contributed by atoms with Gasteiger partial charge in [-0.25, -0.2) is 0 Å². The number of rotatable bonds is 50. The zero-order valence-corrected chi connectivity index (χ0v) is 42.5. The Labute approximate surface area is 387 Å². The van der Waals surface area contributed by atoms with Crippen LogP contribution in [0.15, 0.2) is 0 Å². The van der Waals surface area contributed by atoms with Crippen LogP contribution in [0.2, 0.25) is 0 Å². The first kappa shape index (κ1) is 60.4. The van der Waals surface area contributed by atoms with Gasteiger partial charge in [0.2, 0.25) is 0 Å². The van der Waals surface area contributed by atoms with Crippen LogP contribution in [0.3, 0.4) is 0 Å². The standard InChI is InChI=1S/C56H108O6/c1-6-7-8-9-10-11-12-13-14-15-16-17-21-26-31-36-41-46-54(57)60-49-53(50-61-55(58)47-42-37-32-28-23-25-30-35-40-45-52(4)5)62-56(59)48-43-38-33-27-22-19-18-20-24-29-34-39-44-51(2)3/h51-53H,6-50H2,1-5H3/t53-/m0/s1. The maximum Gasteiger partial charge on any atom is 0.306 e. The van der Waals surface area contributed by atoms with E-state index in [1.54, 1.807) is 0 Å². The largest absolute Gasteiger partial charge is 0.462 e. The average molecular weight is 877 g/mol. The molecule has 0 unspecified atom stereocenters. The molecule has 368 valence electrons. The molecule has 0 spiro atoms. The van der Waals surface area contributed by atoms with E-state index < -0.39 is 6.10 Å². The summed E-state index contributed by atoms with van der Waals surface area (Å²) in [5, 5.41) is 0. The Balaban J connectivity index is 4.29. The molecule has 0 aliphatic rings. The molecule has 0 aromatic heterocycles. The van der Waals surface area contributed by atoms with Crippen LogP contribution in [0.4, 0.5) is 0 Å². The summed E-state index contributed by atoms with van der Waals surface area (Å²) in [6.07, 6.45) is 50.9. The van der Waals surface area contributed by atoms with Gasteiger partial charge in [-0.1, -0.05) is 272 Å². The number of ether oxygens (including phenoxy) is 3. The van der Waals surface area contributed by atoms with Crippen molar-refractivity contribution < 1.29 is 28.6 Å². The number of hydrogen-bond acceptors (Lipinski definition) is 6. The zero-order chi connectivity index (χ0) is 45.4. The second kappa shape index (κ2) is 48.9. The third-order valence-electron chi connectivity index (χ3n) is 12.7. The molecule has 0 heterocycles. The van der Waals surface area contributed by atoms with E-state index in [4.69, 9.17) is 14.2 Å². The molecule has 6 nitrogen and oxygen atoms in total. The molecule has 1 atom stereocenters. The van der Waals surface area contributed by atoms with Crippen LogP contribution in [0.5, 0.6) is 0 Å². The molecule has 0 N–H and O–H groups in total. The minimum Gasteiger partial charge on any atom is -0.462 e. The van der Waals surface area contributed by atoms with Gasteiger partial charge in [0.25, 0.3) is 0 Å². The number of carbonyl (C=O) groups excluding carboxylic acids is 3. The SMILES string of the molecule is CCCCCCCCCCCCCCCCCCCC(=O)OC[C@@H](COC(=O)CCCCCCCCCCCC(C)C)OC(=O)CCCCCCCCCCCCCCC(C)C. The Morgan fingerprint density at radius 2 is 0.532 bits per heavy atom. The van der Waals surface area contributed by atoms with Crippen LogP contribution >= 0.6 is 0 Å². The van der Waals surface area contributed by atoms with Gasteiger partial charge < -0.3 is 14.2 Å². The molecule has 0 rings (SSSR count). The van der Waals surface area contributed by atoms with E-state index in [1.807, 2.05) is 0 Å². The fourth-order valence-electron chi connectivity index (χ4n) is 8.52. The molecule has 62 heavy (non-hydrogen) atoms. The molecule has 6 heteroatoms. The van der Waals surface area contributed by atoms with Crippen molar-refractivity contribution in [1.82, 2.24) is 0 Å². The first-order valence-electron chi connectivity index (χ1n) is 27.7. The van der Waals surface area contributed by atoms with Gasteiger partial charge in [-0.3, -0.25) is 14.4 Å². The molecule has 0 aromatic rings. The van der Waals surface area contributed by atoms with E-state index in [-0.39, 0.29) is 31.1 Å². The Morgan fingerprint density at radius 3 is 0.790 bits per heavy atom. The van der Waals surface area contributed by atoms with E-state index in [0.717, 1.165) is 69.6 Å². The van der Waals surface area contributed by atoms with Crippen molar-refractivity contribution in [3.63, 3.8) is 0 Å². The monoisotopic (exact) mass is 877 g/mol. The molecule has 0 radical (unpaired) electrons. The lowest BCUT2D eigenvalue weighted by Gasteiger charge is -2.18. The lowest BCUT2D eigenvalue weighted by atomic mass is 10.0. The fraction of sp³-hybridized carbons (Fsp3) is 0.946. The van der Waals surface area contributed by atoms with Crippen molar-refractivity contribution in [2.45, 2.75) is 317 Å². The van der Waals surface area contributed by atoms with Gasteiger partial charge >= 0.3 is 17.9 Å². The predicted octanol–water partition coefficient (Wildman–Crippen LogP) is 18.1. The normalized spacial score (nSPS) is 12.0. The molecule has 0 saturated carbocycles. The summed E-state index contributed by atoms with van der Waals surface area (Å²) in [4.78, 5) is 38.0. The molecule has 0 aromatic carbocycles. The van der Waals surface area contributed by atoms with Crippen molar-refractivity contribution in [3.8, 4) is 0 Å². The Hall–Kier alpha value is -1.59. The highest BCUT2D eigenvalue weighted by Crippen LogP contribution is 2.18. The Kier molecular flexibility index (Phi) is 47.6. The fourth-order valence-corrected chi connectivity index (χ4v) is 8.52. The summed E-state index contributed by atoms with van der Waals surface area (Å²) in [5.41, 5.74) is 0. The van der Waals surface area contributed by atoms with Gasteiger partial charge in [-0.15, -0.1) is 0 Å². The van der Waals surface area contributed by atoms with Gasteiger partial charge in [-0.2, -0.15) is 0 Å². The van der Waals surface area contributed by atoms with Crippen molar-refractivity contribution >= 4 is 17.9 Å². The molecule has 0 amide bonds. The third-order valence-corrected chi connectivity index (χ3v) is 12.7. The second-order valence-electron chi connectivity index (χ2n) is 20.2. The average Bonchev–Trinajstić information content (AvgIpc) is 3.24. The number of carbonyl (C=O) groups is 3. The Bertz CT molecular complexity index is 947. The predicted molar refractivity (Wildman–Crippen MR) is 266 cm³/mol. The van der Waals surface area contributed by atoms with E-state index in [0.29, 0.717) is 19.3 Å². The topological polar surface area (TPSA) is 78.9 Å². The summed E-state index contributed by atoms with van der Waals surface area (Å²) in [7, 11) is 0. The van der Waals surface area contributed by atoms with Crippen LogP contribution in [-0.2, 0) is 28.6 Å². The van der Waals surface area contributed by atoms with E-state index in [9.17, 15) is 14.4 Å². The summed E-state index contributed by atoms with van der Waals surface area (Å²) in [6.45, 7) is 11.4. The van der Waals surface area contributed by atoms with Gasteiger partial charge in [0.15, 0.2) is 6.10 Å². The molecule has 0 aliphatic carbocycles. The van der Waals surface area contributed by atoms with Crippen molar-refractivity contribution in [1.29, 1.82) is 0 Å². The first-order chi connectivity index (χ1) is 30.2. The summed E-state index contributed by atoms with van der Waals surface area (Å²) in [5.74, 6) is 0.796. The molecular weight excluding hydrogens is 769 g/mol. The molecule has 0 saturated heterocycles. The lowest BCUT2D eigenvalue weighted by Crippen LogP contribution is -2.30. The lowest BCUT2D eigenvalue weighted by molar-refractivity contribution is -0.167. The van der Waals surface area contributed by atoms with Crippen LogP contribution in [0.1, 0.15) is 311 Å². The van der Waals surface area contributed by atoms with Crippen LogP contribution in [0, 0.1) is 11.8 Å². The maximum absolute atomic E-state index is 12.8. The maximum atomic E-state index is 12.8. The minimum absolute atomic E-state index is 0.0633. The smallest absolute Gasteiger partial charge is 0.306 e. The first-order valence-corrected chi connectivity index (χ1v) is 27.7. The van der Waals surface area contributed by atoms with Gasteiger partial charge in [-0.05, 0) is 31.1 Å². The highest BCUT2D eigenvalue weighted by Gasteiger charge is 2.19. The summed E-state index contributed by atoms with van der Waals surface area (Å²) >= 11 is 0. The van der Waals surface area contributed by atoms with Crippen molar-refractivity contribution in [2.24, 2.45) is 11.8 Å². The highest BCUT2D eigenvalue weighted by atomic mass is 16.6. The molecule has 0 bridgehead atoms. The molecule has 0 fully saturated rings. The van der Waals surface area contributed by atoms with Crippen LogP contribution < -0.4 is 0 Å². The Morgan fingerprint density at radius 1 is 0.306 bits per heavy atom. The number of unbranched alkanes of at least 4 members (excludes halogenated alkanes) is 35. The summed E-state index contributed by atoms with van der Waals surface area (Å²) in [6, 6.07) is 0. The van der Waals surface area contributed by atoms with Crippen LogP contribution in [-0.4, -0.2) is 37.2 Å². The highest BCUT2D eigenvalue weighted by molar-refractivity contribution is 5.71.